The summed E-state index contributed by atoms with van der Waals surface area (Å²) >= 11 is 0. The lowest BCUT2D eigenvalue weighted by Crippen LogP contribution is -2.54. The second kappa shape index (κ2) is 5.32. The first kappa shape index (κ1) is 14.4. The van der Waals surface area contributed by atoms with Crippen molar-refractivity contribution >= 4 is 16.0 Å². The third-order valence-corrected chi connectivity index (χ3v) is 5.21. The number of ether oxygens (including phenoxy) is 1. The maximum Gasteiger partial charge on any atom is 0.323 e. The van der Waals surface area contributed by atoms with E-state index in [1.54, 1.807) is 6.92 Å². The number of hydrogen-bond acceptors (Lipinski definition) is 4. The van der Waals surface area contributed by atoms with Crippen LogP contribution in [-0.2, 0) is 19.6 Å². The van der Waals surface area contributed by atoms with E-state index in [0.29, 0.717) is 13.0 Å². The van der Waals surface area contributed by atoms with Gasteiger partial charge in [-0.15, -0.1) is 0 Å². The Labute approximate surface area is 102 Å². The van der Waals surface area contributed by atoms with Crippen LogP contribution in [0.25, 0.3) is 0 Å². The Morgan fingerprint density at radius 2 is 2.18 bits per heavy atom. The third-order valence-electron chi connectivity index (χ3n) is 3.01. The van der Waals surface area contributed by atoms with Crippen molar-refractivity contribution < 1.29 is 23.1 Å². The van der Waals surface area contributed by atoms with E-state index >= 15 is 0 Å². The Hall–Kier alpha value is -0.660. The molecular weight excluding hydrogens is 246 g/mol. The fraction of sp³-hybridized carbons (Fsp3) is 0.900. The molecule has 0 aliphatic carbocycles. The average molecular weight is 265 g/mol. The van der Waals surface area contributed by atoms with Crippen LogP contribution in [0.2, 0.25) is 0 Å². The maximum absolute atomic E-state index is 12.1. The van der Waals surface area contributed by atoms with Crippen molar-refractivity contribution in [2.45, 2.75) is 44.6 Å². The van der Waals surface area contributed by atoms with E-state index in [2.05, 4.69) is 0 Å². The molecule has 1 fully saturated rings. The lowest BCUT2D eigenvalue weighted by Gasteiger charge is -2.37. The summed E-state index contributed by atoms with van der Waals surface area (Å²) < 4.78 is 30.9. The number of aliphatic carboxylic acids is 1. The van der Waals surface area contributed by atoms with Gasteiger partial charge in [0.2, 0.25) is 10.0 Å². The van der Waals surface area contributed by atoms with Crippen molar-refractivity contribution in [2.75, 3.05) is 13.2 Å². The van der Waals surface area contributed by atoms with E-state index in [1.165, 1.54) is 11.2 Å². The summed E-state index contributed by atoms with van der Waals surface area (Å²) in [7, 11) is -3.80. The fourth-order valence-corrected chi connectivity index (χ4v) is 3.48. The fourth-order valence-electron chi connectivity index (χ4n) is 1.78. The van der Waals surface area contributed by atoms with Crippen molar-refractivity contribution in [2.24, 2.45) is 0 Å². The van der Waals surface area contributed by atoms with E-state index in [4.69, 9.17) is 9.84 Å². The van der Waals surface area contributed by atoms with Gasteiger partial charge in [-0.3, -0.25) is 4.79 Å². The first-order valence-electron chi connectivity index (χ1n) is 5.65. The lowest BCUT2D eigenvalue weighted by molar-refractivity contribution is -0.136. The number of hydrogen-bond donors (Lipinski definition) is 1. The van der Waals surface area contributed by atoms with E-state index < -0.39 is 21.2 Å². The highest BCUT2D eigenvalue weighted by Crippen LogP contribution is 2.21. The number of carboxylic acids is 1. The molecule has 17 heavy (non-hydrogen) atoms. The molecule has 0 radical (unpaired) electrons. The molecule has 0 spiro atoms. The van der Waals surface area contributed by atoms with Crippen molar-refractivity contribution in [1.29, 1.82) is 0 Å². The van der Waals surface area contributed by atoms with Gasteiger partial charge in [-0.1, -0.05) is 6.92 Å². The second-order valence-corrected chi connectivity index (χ2v) is 6.51. The molecule has 0 aromatic carbocycles. The molecule has 0 aromatic heterocycles. The van der Waals surface area contributed by atoms with Crippen LogP contribution in [0.3, 0.4) is 0 Å². The normalized spacial score (nSPS) is 28.9. The molecule has 6 nitrogen and oxygen atoms in total. The van der Waals surface area contributed by atoms with Gasteiger partial charge in [0.05, 0.1) is 12.7 Å². The number of carboxylic acid groups (broad SMARTS) is 1. The molecule has 3 unspecified atom stereocenters. The van der Waals surface area contributed by atoms with Gasteiger partial charge in [-0.2, -0.15) is 4.31 Å². The van der Waals surface area contributed by atoms with Crippen molar-refractivity contribution in [3.05, 3.63) is 0 Å². The summed E-state index contributed by atoms with van der Waals surface area (Å²) in [6, 6.07) is -0.266. The van der Waals surface area contributed by atoms with Crippen LogP contribution < -0.4 is 0 Å². The van der Waals surface area contributed by atoms with E-state index in [1.807, 2.05) is 6.92 Å². The first-order valence-corrected chi connectivity index (χ1v) is 7.16. The molecule has 1 rings (SSSR count). The van der Waals surface area contributed by atoms with Crippen molar-refractivity contribution in [3.63, 3.8) is 0 Å². The van der Waals surface area contributed by atoms with Gasteiger partial charge in [0.15, 0.2) is 5.25 Å². The molecule has 0 aromatic rings. The average Bonchev–Trinajstić information content (AvgIpc) is 2.27. The summed E-state index contributed by atoms with van der Waals surface area (Å²) in [5.74, 6) is -1.32. The van der Waals surface area contributed by atoms with E-state index in [-0.39, 0.29) is 18.7 Å². The molecule has 0 amide bonds. The lowest BCUT2D eigenvalue weighted by atomic mass is 10.2. The van der Waals surface area contributed by atoms with Gasteiger partial charge in [-0.25, -0.2) is 8.42 Å². The molecule has 1 aliphatic rings. The predicted octanol–water partition coefficient (Wildman–Crippen LogP) is 0.289. The summed E-state index contributed by atoms with van der Waals surface area (Å²) in [5.41, 5.74) is 0. The highest BCUT2D eigenvalue weighted by molar-refractivity contribution is 7.90. The Morgan fingerprint density at radius 1 is 1.59 bits per heavy atom. The molecule has 100 valence electrons. The Kier molecular flexibility index (Phi) is 4.51. The highest BCUT2D eigenvalue weighted by Gasteiger charge is 2.40. The van der Waals surface area contributed by atoms with Crippen LogP contribution in [-0.4, -0.2) is 54.3 Å². The van der Waals surface area contributed by atoms with Crippen LogP contribution in [0.4, 0.5) is 0 Å². The zero-order valence-electron chi connectivity index (χ0n) is 10.3. The highest BCUT2D eigenvalue weighted by atomic mass is 32.2. The largest absolute Gasteiger partial charge is 0.480 e. The number of carbonyl (C=O) groups is 1. The van der Waals surface area contributed by atoms with Gasteiger partial charge in [0, 0.05) is 12.6 Å². The summed E-state index contributed by atoms with van der Waals surface area (Å²) in [4.78, 5) is 10.8. The smallest absolute Gasteiger partial charge is 0.323 e. The van der Waals surface area contributed by atoms with Gasteiger partial charge >= 0.3 is 5.97 Å². The molecule has 0 saturated carbocycles. The van der Waals surface area contributed by atoms with Crippen LogP contribution in [0, 0.1) is 0 Å². The molecule has 1 N–H and O–H groups in total. The van der Waals surface area contributed by atoms with Crippen molar-refractivity contribution in [3.8, 4) is 0 Å². The topological polar surface area (TPSA) is 83.9 Å². The Balaban J connectivity index is 2.98. The molecule has 1 aliphatic heterocycles. The zero-order valence-corrected chi connectivity index (χ0v) is 11.1. The van der Waals surface area contributed by atoms with E-state index in [0.717, 1.165) is 0 Å². The SMILES string of the molecule is CCC1COC(C)CN1S(=O)(=O)C(C)C(=O)O. The molecule has 7 heteroatoms. The molecule has 3 atom stereocenters. The minimum Gasteiger partial charge on any atom is -0.480 e. The van der Waals surface area contributed by atoms with Gasteiger partial charge < -0.3 is 9.84 Å². The quantitative estimate of drug-likeness (QED) is 0.789. The minimum absolute atomic E-state index is 0.200. The molecular formula is C10H19NO5S. The van der Waals surface area contributed by atoms with Crippen LogP contribution in [0.15, 0.2) is 0 Å². The van der Waals surface area contributed by atoms with Crippen molar-refractivity contribution in [1.82, 2.24) is 4.31 Å². The standard InChI is InChI=1S/C10H19NO5S/c1-4-9-6-16-7(2)5-11(9)17(14,15)8(3)10(12)13/h7-9H,4-6H2,1-3H3,(H,12,13). The number of sulfonamides is 1. The number of nitrogens with zero attached hydrogens (tertiary/aromatic N) is 1. The molecule has 0 bridgehead atoms. The predicted molar refractivity (Wildman–Crippen MR) is 62.2 cm³/mol. The molecule has 1 saturated heterocycles. The monoisotopic (exact) mass is 265 g/mol. The van der Waals surface area contributed by atoms with Crippen LogP contribution in [0.5, 0.6) is 0 Å². The van der Waals surface area contributed by atoms with Crippen LogP contribution >= 0.6 is 0 Å². The van der Waals surface area contributed by atoms with Gasteiger partial charge in [0.25, 0.3) is 0 Å². The number of morpholine rings is 1. The van der Waals surface area contributed by atoms with Gasteiger partial charge in [-0.05, 0) is 20.3 Å². The number of rotatable bonds is 4. The maximum atomic E-state index is 12.1. The molecule has 1 heterocycles. The summed E-state index contributed by atoms with van der Waals surface area (Å²) in [6.07, 6.45) is 0.409. The Morgan fingerprint density at radius 3 is 2.65 bits per heavy atom. The summed E-state index contributed by atoms with van der Waals surface area (Å²) in [5, 5.41) is 7.42. The first-order chi connectivity index (χ1) is 7.80. The second-order valence-electron chi connectivity index (χ2n) is 4.30. The summed E-state index contributed by atoms with van der Waals surface area (Å²) in [6.45, 7) is 5.38. The van der Waals surface area contributed by atoms with Crippen LogP contribution in [0.1, 0.15) is 27.2 Å². The van der Waals surface area contributed by atoms with Gasteiger partial charge in [0.1, 0.15) is 0 Å². The minimum atomic E-state index is -3.80. The van der Waals surface area contributed by atoms with E-state index in [9.17, 15) is 13.2 Å². The zero-order chi connectivity index (χ0) is 13.2. The Bertz CT molecular complexity index is 380. The third kappa shape index (κ3) is 2.97.